The third-order valence-electron chi connectivity index (χ3n) is 8.31. The molecule has 0 aliphatic rings. The minimum absolute atomic E-state index is 0. The predicted octanol–water partition coefficient (Wildman–Crippen LogP) is 9.71. The van der Waals surface area contributed by atoms with E-state index in [9.17, 15) is 5.11 Å². The quantitative estimate of drug-likeness (QED) is 0.138. The molecule has 9 rings (SSSR count). The number of aromatic hydroxyl groups is 1. The summed E-state index contributed by atoms with van der Waals surface area (Å²) in [7, 11) is -1.16. The van der Waals surface area contributed by atoms with E-state index in [0.29, 0.717) is 5.75 Å². The summed E-state index contributed by atoms with van der Waals surface area (Å²) in [6.45, 7) is 0. The third-order valence-corrected chi connectivity index (χ3v) is 11.1. The molecule has 7 aromatic carbocycles. The van der Waals surface area contributed by atoms with Crippen molar-refractivity contribution in [2.45, 2.75) is 7.43 Å². The van der Waals surface area contributed by atoms with Crippen molar-refractivity contribution in [3.05, 3.63) is 207 Å². The number of hydrogen-bond donors (Lipinski definition) is 1. The number of nitrogens with zero attached hydrogens (tertiary/aromatic N) is 4. The Bertz CT molecular complexity index is 2320. The molecule has 0 bridgehead atoms. The van der Waals surface area contributed by atoms with E-state index in [-0.39, 0.29) is 27.5 Å². The molecule has 1 radical (unpaired) electrons. The molecule has 5 nitrogen and oxygen atoms in total. The average Bonchev–Trinajstić information content (AvgIpc) is 3.23. The Balaban J connectivity index is 0.000000154. The van der Waals surface area contributed by atoms with Gasteiger partial charge in [-0.1, -0.05) is 92.4 Å². The fraction of sp³-hybridized carbons (Fsp3) is 0.0213. The number of hydrogen-bond acceptors (Lipinski definition) is 5. The first-order valence-corrected chi connectivity index (χ1v) is 18.4. The maximum Gasteiger partial charge on any atom is 0.158 e. The molecule has 0 fully saturated rings. The van der Waals surface area contributed by atoms with Gasteiger partial charge in [-0.25, -0.2) is 9.97 Å². The molecule has 2 aromatic heterocycles. The van der Waals surface area contributed by atoms with Crippen LogP contribution in [-0.4, -0.2) is 25.0 Å². The van der Waals surface area contributed by atoms with Crippen LogP contribution in [0.15, 0.2) is 195 Å². The van der Waals surface area contributed by atoms with Gasteiger partial charge in [-0.3, -0.25) is 9.97 Å². The summed E-state index contributed by atoms with van der Waals surface area (Å²) in [4.78, 5) is 17.2. The SMILES string of the molecule is C.Oc1ccccc1[PH+](c1ccccc1)c1ccccc1.[Ir].[c-]1ccccc1-c1ncnc2ccccc12.[c-]1ccccc1-c1ncnc2ccccc12. The summed E-state index contributed by atoms with van der Waals surface area (Å²) < 4.78 is 0. The van der Waals surface area contributed by atoms with Crippen LogP contribution >= 0.6 is 7.92 Å². The van der Waals surface area contributed by atoms with Gasteiger partial charge in [-0.05, 0) is 70.7 Å². The summed E-state index contributed by atoms with van der Waals surface area (Å²) in [5.74, 6) is 0.383. The molecule has 9 aromatic rings. The smallest absolute Gasteiger partial charge is 0.158 e. The summed E-state index contributed by atoms with van der Waals surface area (Å²) >= 11 is 0. The Hall–Kier alpha value is -5.90. The number of rotatable bonds is 5. The summed E-state index contributed by atoms with van der Waals surface area (Å²) in [6, 6.07) is 66.6. The Morgan fingerprint density at radius 2 is 0.833 bits per heavy atom. The van der Waals surface area contributed by atoms with Gasteiger partial charge in [0.05, 0.1) is 11.0 Å². The maximum atomic E-state index is 10.2. The fourth-order valence-electron chi connectivity index (χ4n) is 5.89. The molecule has 2 heterocycles. The molecular formula is C47H38IrN4OP-. The van der Waals surface area contributed by atoms with E-state index in [2.05, 4.69) is 80.6 Å². The van der Waals surface area contributed by atoms with Crippen LogP contribution in [-0.2, 0) is 20.1 Å². The first kappa shape index (κ1) is 39.3. The first-order valence-electron chi connectivity index (χ1n) is 16.9. The molecule has 0 aliphatic heterocycles. The van der Waals surface area contributed by atoms with Gasteiger partial charge in [-0.15, -0.1) is 71.8 Å². The fourth-order valence-corrected chi connectivity index (χ4v) is 8.50. The zero-order valence-electron chi connectivity index (χ0n) is 28.5. The molecule has 7 heteroatoms. The van der Waals surface area contributed by atoms with Crippen LogP contribution in [0.4, 0.5) is 0 Å². The molecule has 0 atom stereocenters. The van der Waals surface area contributed by atoms with Crippen LogP contribution in [0.2, 0.25) is 0 Å². The van der Waals surface area contributed by atoms with E-state index in [4.69, 9.17) is 0 Å². The van der Waals surface area contributed by atoms with Gasteiger partial charge < -0.3 is 5.11 Å². The van der Waals surface area contributed by atoms with E-state index in [1.807, 2.05) is 127 Å². The van der Waals surface area contributed by atoms with Gasteiger partial charge in [0.15, 0.2) is 5.75 Å². The van der Waals surface area contributed by atoms with E-state index in [1.54, 1.807) is 18.7 Å². The van der Waals surface area contributed by atoms with E-state index in [0.717, 1.165) is 49.6 Å². The minimum atomic E-state index is -1.16. The van der Waals surface area contributed by atoms with E-state index in [1.165, 1.54) is 10.6 Å². The number of fused-ring (bicyclic) bond motifs is 2. The number of phenols is 1. The minimum Gasteiger partial charge on any atom is -0.504 e. The summed E-state index contributed by atoms with van der Waals surface area (Å²) in [6.07, 6.45) is 3.19. The van der Waals surface area contributed by atoms with Gasteiger partial charge in [0, 0.05) is 20.1 Å². The van der Waals surface area contributed by atoms with Gasteiger partial charge >= 0.3 is 0 Å². The van der Waals surface area contributed by atoms with Crippen LogP contribution in [0.5, 0.6) is 5.75 Å². The number of benzene rings is 7. The van der Waals surface area contributed by atoms with Crippen LogP contribution < -0.4 is 15.9 Å². The second-order valence-electron chi connectivity index (χ2n) is 11.7. The second kappa shape index (κ2) is 19.8. The zero-order chi connectivity index (χ0) is 35.4. The molecule has 1 N–H and O–H groups in total. The molecule has 0 spiro atoms. The summed E-state index contributed by atoms with van der Waals surface area (Å²) in [5.41, 5.74) is 5.80. The van der Waals surface area contributed by atoms with Crippen molar-refractivity contribution in [2.24, 2.45) is 0 Å². The molecule has 0 amide bonds. The topological polar surface area (TPSA) is 71.8 Å². The summed E-state index contributed by atoms with van der Waals surface area (Å²) in [5, 5.41) is 16.0. The van der Waals surface area contributed by atoms with Crippen molar-refractivity contribution in [3.8, 4) is 28.3 Å². The van der Waals surface area contributed by atoms with Crippen molar-refractivity contribution in [3.63, 3.8) is 0 Å². The second-order valence-corrected chi connectivity index (χ2v) is 14.1. The number of para-hydroxylation sites is 3. The van der Waals surface area contributed by atoms with Gasteiger partial charge in [0.2, 0.25) is 0 Å². The molecule has 0 saturated heterocycles. The predicted molar refractivity (Wildman–Crippen MR) is 223 cm³/mol. The van der Waals surface area contributed by atoms with Crippen LogP contribution in [0.1, 0.15) is 7.43 Å². The van der Waals surface area contributed by atoms with Gasteiger partial charge in [0.25, 0.3) is 0 Å². The van der Waals surface area contributed by atoms with Crippen molar-refractivity contribution in [1.29, 1.82) is 0 Å². The maximum absolute atomic E-state index is 10.2. The van der Waals surface area contributed by atoms with Gasteiger partial charge in [-0.2, -0.15) is 0 Å². The van der Waals surface area contributed by atoms with Crippen molar-refractivity contribution in [1.82, 2.24) is 19.9 Å². The van der Waals surface area contributed by atoms with Crippen molar-refractivity contribution < 1.29 is 25.2 Å². The Kier molecular flexibility index (Phi) is 14.4. The van der Waals surface area contributed by atoms with Crippen LogP contribution in [0, 0.1) is 12.1 Å². The largest absolute Gasteiger partial charge is 0.504 e. The molecular weight excluding hydrogens is 860 g/mol. The normalized spacial score (nSPS) is 10.2. The van der Waals surface area contributed by atoms with E-state index >= 15 is 0 Å². The standard InChI is InChI=1S/C18H15OP.2C14H9N2.CH4.Ir/c19-17-13-7-8-14-18(17)20(15-9-3-1-4-10-15)16-11-5-2-6-12-16;2*1-2-6-11(7-3-1)14-12-8-4-5-9-13(12)15-10-16-14;;/h1-14,19H;2*1-6,8-10H;1H4;/q;2*-1;;/p+1. The van der Waals surface area contributed by atoms with E-state index < -0.39 is 7.92 Å². The average molecular weight is 898 g/mol. The van der Waals surface area contributed by atoms with Crippen LogP contribution in [0.3, 0.4) is 0 Å². The Morgan fingerprint density at radius 1 is 0.426 bits per heavy atom. The Morgan fingerprint density at radius 3 is 1.28 bits per heavy atom. The number of aromatic nitrogens is 4. The molecule has 0 unspecified atom stereocenters. The zero-order valence-corrected chi connectivity index (χ0v) is 31.9. The third kappa shape index (κ3) is 9.55. The molecule has 0 aliphatic carbocycles. The molecule has 54 heavy (non-hydrogen) atoms. The molecule has 0 saturated carbocycles. The first-order chi connectivity index (χ1) is 25.8. The Labute approximate surface area is 331 Å². The monoisotopic (exact) mass is 898 g/mol. The number of phenolic OH excluding ortho intramolecular Hbond substituents is 1. The van der Waals surface area contributed by atoms with Crippen molar-refractivity contribution >= 4 is 45.6 Å². The van der Waals surface area contributed by atoms with Crippen LogP contribution in [0.25, 0.3) is 44.3 Å². The molecule has 267 valence electrons. The van der Waals surface area contributed by atoms with Crippen molar-refractivity contribution in [2.75, 3.05) is 0 Å². The van der Waals surface area contributed by atoms with Gasteiger partial charge in [0.1, 0.15) is 36.5 Å².